The van der Waals surface area contributed by atoms with Gasteiger partial charge in [0, 0.05) is 6.54 Å². The molecule has 5 rings (SSSR count). The molecule has 0 fully saturated rings. The van der Waals surface area contributed by atoms with Crippen molar-refractivity contribution in [2.45, 2.75) is 63.0 Å². The second-order valence-electron chi connectivity index (χ2n) is 10.6. The summed E-state index contributed by atoms with van der Waals surface area (Å²) in [6, 6.07) is 13.2. The van der Waals surface area contributed by atoms with Crippen LogP contribution in [0.2, 0.25) is 0 Å². The first-order valence-electron chi connectivity index (χ1n) is 14.7. The van der Waals surface area contributed by atoms with Crippen LogP contribution in [-0.2, 0) is 37.1 Å². The number of alkyl carbamates (subject to hydrolysis) is 1. The minimum Gasteiger partial charge on any atom is -0.464 e. The average molecular weight is 689 g/mol. The van der Waals surface area contributed by atoms with Crippen LogP contribution in [0.15, 0.2) is 69.1 Å². The van der Waals surface area contributed by atoms with Crippen LogP contribution in [0.25, 0.3) is 5.57 Å². The number of nitrogens with one attached hydrogen (secondary N) is 3. The minimum absolute atomic E-state index is 0. The van der Waals surface area contributed by atoms with Crippen molar-refractivity contribution in [1.29, 1.82) is 0 Å². The molecule has 0 aromatic heterocycles. The van der Waals surface area contributed by atoms with Crippen LogP contribution in [-0.4, -0.2) is 63.6 Å². The first kappa shape index (κ1) is 33.2. The number of amides is 1. The lowest BCUT2D eigenvalue weighted by molar-refractivity contribution is -0.145. The monoisotopic (exact) mass is 687 g/mol. The molecule has 0 radical (unpaired) electrons. The number of benzene rings is 2. The van der Waals surface area contributed by atoms with Crippen molar-refractivity contribution in [3.63, 3.8) is 0 Å². The Balaban J connectivity index is 0.00000442. The van der Waals surface area contributed by atoms with Crippen LogP contribution in [0, 0.1) is 0 Å². The van der Waals surface area contributed by atoms with Gasteiger partial charge in [0.25, 0.3) is 0 Å². The fourth-order valence-electron chi connectivity index (χ4n) is 5.53. The summed E-state index contributed by atoms with van der Waals surface area (Å²) >= 11 is 0. The van der Waals surface area contributed by atoms with Crippen LogP contribution >= 0.6 is 17.0 Å². The molecule has 3 N–H and O–H groups in total. The van der Waals surface area contributed by atoms with E-state index in [1.807, 2.05) is 24.3 Å². The number of hydrogen-bond acceptors (Lipinski definition) is 10. The fourth-order valence-corrected chi connectivity index (χ4v) is 6.91. The Kier molecular flexibility index (Phi) is 11.6. The Hall–Kier alpha value is -3.71. The largest absolute Gasteiger partial charge is 0.464 e. The molecule has 1 atom stereocenters. The second-order valence-corrected chi connectivity index (χ2v) is 12.7. The molecular weight excluding hydrogens is 650 g/mol. The standard InChI is InChI=1S/C31H37N5O6S.BrH/c1-2-41-29(37)28(34-31(38)42-20-21-7-4-3-5-8-21)15-18-43(39,40)23-12-13-24-22(19-23)11-14-27(26-10-6-9-25(24)26)35-36-30-32-16-17-33-30;/h3-5,7-8,12-13,19,28H,2,6,9-11,14-18,20H2,1H3,(H,34,38)(H2,32,33,36);1H/b35-27+;. The average Bonchev–Trinajstić information content (AvgIpc) is 3.69. The highest BCUT2D eigenvalue weighted by Gasteiger charge is 2.29. The van der Waals surface area contributed by atoms with Gasteiger partial charge in [0.05, 0.1) is 29.5 Å². The summed E-state index contributed by atoms with van der Waals surface area (Å²) in [6.07, 6.45) is 3.22. The number of ether oxygens (including phenoxy) is 2. The zero-order valence-corrected chi connectivity index (χ0v) is 27.2. The molecule has 0 spiro atoms. The number of carbonyl (C=O) groups excluding carboxylic acids is 2. The number of guanidine groups is 1. The van der Waals surface area contributed by atoms with Gasteiger partial charge < -0.3 is 20.1 Å². The first-order chi connectivity index (χ1) is 20.8. The molecule has 13 heteroatoms. The first-order valence-corrected chi connectivity index (χ1v) is 16.3. The number of halogens is 1. The summed E-state index contributed by atoms with van der Waals surface area (Å²) in [5, 5.41) is 10.3. The molecule has 44 heavy (non-hydrogen) atoms. The van der Waals surface area contributed by atoms with Gasteiger partial charge in [0.1, 0.15) is 12.6 Å². The molecule has 0 bridgehead atoms. The number of sulfone groups is 1. The maximum Gasteiger partial charge on any atom is 0.408 e. The third kappa shape index (κ3) is 8.26. The number of fused-ring (bicyclic) bond motifs is 2. The Morgan fingerprint density at radius 2 is 1.84 bits per heavy atom. The van der Waals surface area contributed by atoms with Gasteiger partial charge in [-0.05, 0) is 85.4 Å². The molecule has 3 aliphatic rings. The maximum atomic E-state index is 13.5. The van der Waals surface area contributed by atoms with Crippen LogP contribution < -0.4 is 16.1 Å². The summed E-state index contributed by atoms with van der Waals surface area (Å²) in [4.78, 5) is 29.6. The molecule has 2 aromatic carbocycles. The predicted molar refractivity (Wildman–Crippen MR) is 174 cm³/mol. The molecule has 1 heterocycles. The highest BCUT2D eigenvalue weighted by Crippen LogP contribution is 2.40. The zero-order valence-electron chi connectivity index (χ0n) is 24.6. The Morgan fingerprint density at radius 1 is 1.05 bits per heavy atom. The normalized spacial score (nSPS) is 17.3. The number of hydrazone groups is 1. The molecule has 0 saturated carbocycles. The SMILES string of the molecule is Br.CCOC(=O)C(CCS(=O)(=O)c1ccc2c(c1)CC/C(=N\NC1=NCCN1)C1=C2CCC1)NC(=O)OCc1ccccc1. The molecule has 1 unspecified atom stereocenters. The number of nitrogens with zero attached hydrogens (tertiary/aromatic N) is 2. The van der Waals surface area contributed by atoms with Gasteiger partial charge in [-0.2, -0.15) is 5.10 Å². The van der Waals surface area contributed by atoms with Crippen molar-refractivity contribution in [2.75, 3.05) is 25.4 Å². The van der Waals surface area contributed by atoms with Crippen molar-refractivity contribution in [3.8, 4) is 0 Å². The second kappa shape index (κ2) is 15.3. The van der Waals surface area contributed by atoms with Gasteiger partial charge in [-0.15, -0.1) is 17.0 Å². The van der Waals surface area contributed by atoms with E-state index in [1.165, 1.54) is 11.1 Å². The number of allylic oxidation sites excluding steroid dienone is 2. The van der Waals surface area contributed by atoms with Gasteiger partial charge in [-0.25, -0.2) is 28.4 Å². The topological polar surface area (TPSA) is 148 Å². The van der Waals surface area contributed by atoms with Gasteiger partial charge >= 0.3 is 12.1 Å². The van der Waals surface area contributed by atoms with Gasteiger partial charge in [-0.3, -0.25) is 0 Å². The quantitative estimate of drug-likeness (QED) is 0.250. The Morgan fingerprint density at radius 3 is 2.59 bits per heavy atom. The third-order valence-electron chi connectivity index (χ3n) is 7.68. The van der Waals surface area contributed by atoms with Crippen LogP contribution in [0.4, 0.5) is 4.79 Å². The molecule has 236 valence electrons. The van der Waals surface area contributed by atoms with Crippen molar-refractivity contribution in [2.24, 2.45) is 10.1 Å². The van der Waals surface area contributed by atoms with Gasteiger partial charge in [0.15, 0.2) is 9.84 Å². The maximum absolute atomic E-state index is 13.5. The van der Waals surface area contributed by atoms with E-state index in [2.05, 4.69) is 26.2 Å². The molecule has 0 saturated heterocycles. The third-order valence-corrected chi connectivity index (χ3v) is 9.43. The number of aryl methyl sites for hydroxylation is 1. The van der Waals surface area contributed by atoms with E-state index in [0.29, 0.717) is 18.8 Å². The number of esters is 1. The summed E-state index contributed by atoms with van der Waals surface area (Å²) in [5.74, 6) is -0.396. The molecule has 2 aliphatic carbocycles. The fraction of sp³-hybridized carbons (Fsp3) is 0.419. The van der Waals surface area contributed by atoms with Crippen molar-refractivity contribution in [1.82, 2.24) is 16.1 Å². The van der Waals surface area contributed by atoms with Gasteiger partial charge in [0.2, 0.25) is 5.96 Å². The van der Waals surface area contributed by atoms with E-state index in [4.69, 9.17) is 9.47 Å². The summed E-state index contributed by atoms with van der Waals surface area (Å²) in [7, 11) is -3.78. The number of aliphatic imine (C=N–C) groups is 1. The number of hydrogen-bond donors (Lipinski definition) is 3. The molecular formula is C31H38BrN5O6S. The Bertz CT molecular complexity index is 1560. The smallest absolute Gasteiger partial charge is 0.408 e. The van der Waals surface area contributed by atoms with Gasteiger partial charge in [-0.1, -0.05) is 36.4 Å². The molecule has 1 amide bonds. The van der Waals surface area contributed by atoms with E-state index in [0.717, 1.165) is 54.8 Å². The minimum atomic E-state index is -3.78. The zero-order chi connectivity index (χ0) is 30.2. The van der Waals surface area contributed by atoms with Crippen molar-refractivity contribution < 1.29 is 27.5 Å². The lowest BCUT2D eigenvalue weighted by atomic mass is 9.97. The number of carbonyl (C=O) groups is 2. The summed E-state index contributed by atoms with van der Waals surface area (Å²) in [6.45, 7) is 3.27. The van der Waals surface area contributed by atoms with Crippen LogP contribution in [0.1, 0.15) is 55.7 Å². The molecule has 2 aromatic rings. The lowest BCUT2D eigenvalue weighted by Gasteiger charge is -2.18. The van der Waals surface area contributed by atoms with E-state index < -0.39 is 27.9 Å². The summed E-state index contributed by atoms with van der Waals surface area (Å²) < 4.78 is 37.3. The van der Waals surface area contributed by atoms with E-state index in [9.17, 15) is 18.0 Å². The summed E-state index contributed by atoms with van der Waals surface area (Å²) in [5.41, 5.74) is 9.29. The lowest BCUT2D eigenvalue weighted by Crippen LogP contribution is -2.43. The number of rotatable bonds is 10. The predicted octanol–water partition coefficient (Wildman–Crippen LogP) is 4.07. The molecule has 1 aliphatic heterocycles. The highest BCUT2D eigenvalue weighted by molar-refractivity contribution is 8.93. The Labute approximate surface area is 268 Å². The van der Waals surface area contributed by atoms with Crippen LogP contribution in [0.3, 0.4) is 0 Å². The van der Waals surface area contributed by atoms with Crippen LogP contribution in [0.5, 0.6) is 0 Å². The van der Waals surface area contributed by atoms with E-state index in [-0.39, 0.29) is 47.3 Å². The van der Waals surface area contributed by atoms with Crippen molar-refractivity contribution in [3.05, 3.63) is 70.8 Å². The van der Waals surface area contributed by atoms with E-state index >= 15 is 0 Å². The van der Waals surface area contributed by atoms with Crippen molar-refractivity contribution >= 4 is 56.1 Å². The van der Waals surface area contributed by atoms with E-state index in [1.54, 1.807) is 31.2 Å². The highest BCUT2D eigenvalue weighted by atomic mass is 79.9. The molecule has 11 nitrogen and oxygen atoms in total.